The third-order valence-electron chi connectivity index (χ3n) is 12.4. The minimum absolute atomic E-state index is 0.0757. The second kappa shape index (κ2) is 53.2. The van der Waals surface area contributed by atoms with Crippen LogP contribution in [-0.2, 0) is 28.6 Å². The van der Waals surface area contributed by atoms with E-state index in [9.17, 15) is 14.4 Å². The predicted octanol–water partition coefficient (Wildman–Crippen LogP) is 18.5. The molecule has 0 unspecified atom stereocenters. The Morgan fingerprint density at radius 3 is 0.906 bits per heavy atom. The number of unbranched alkanes of at least 4 members (excludes halogenated alkanes) is 34. The lowest BCUT2D eigenvalue weighted by Crippen LogP contribution is -2.30. The molecular formula is C58H106O6. The van der Waals surface area contributed by atoms with Gasteiger partial charge in [-0.15, -0.1) is 0 Å². The molecule has 0 fully saturated rings. The molecule has 0 aliphatic carbocycles. The number of hydrogen-bond acceptors (Lipinski definition) is 6. The number of rotatable bonds is 51. The van der Waals surface area contributed by atoms with Crippen molar-refractivity contribution in [3.63, 3.8) is 0 Å². The smallest absolute Gasteiger partial charge is 0.306 e. The SMILES string of the molecule is CCCCC/C=C\C/C=C\CCCCCCCCCC(=O)OC[C@@H](COC(=O)CCCCCCC/C=C\CCCCCCC)OC(=O)CCCCCCCCCCCCCCCCC. The third-order valence-corrected chi connectivity index (χ3v) is 12.4. The molecule has 0 bridgehead atoms. The molecular weight excluding hydrogens is 793 g/mol. The van der Waals surface area contributed by atoms with E-state index >= 15 is 0 Å². The van der Waals surface area contributed by atoms with E-state index in [1.165, 1.54) is 180 Å². The second-order valence-corrected chi connectivity index (χ2v) is 18.8. The number of allylic oxidation sites excluding steroid dienone is 6. The molecule has 0 saturated carbocycles. The summed E-state index contributed by atoms with van der Waals surface area (Å²) in [4.78, 5) is 38.1. The maximum atomic E-state index is 12.8. The molecule has 6 heteroatoms. The molecule has 1 atom stereocenters. The lowest BCUT2D eigenvalue weighted by atomic mass is 10.0. The zero-order valence-electron chi connectivity index (χ0n) is 42.8. The van der Waals surface area contributed by atoms with Crippen LogP contribution in [0.2, 0.25) is 0 Å². The maximum absolute atomic E-state index is 12.8. The van der Waals surface area contributed by atoms with Crippen molar-refractivity contribution in [3.05, 3.63) is 36.5 Å². The van der Waals surface area contributed by atoms with E-state index in [0.717, 1.165) is 77.0 Å². The van der Waals surface area contributed by atoms with E-state index in [0.29, 0.717) is 19.3 Å². The fourth-order valence-corrected chi connectivity index (χ4v) is 8.12. The highest BCUT2D eigenvalue weighted by Crippen LogP contribution is 2.16. The van der Waals surface area contributed by atoms with Crippen molar-refractivity contribution in [1.29, 1.82) is 0 Å². The first kappa shape index (κ1) is 61.6. The summed E-state index contributed by atoms with van der Waals surface area (Å²) >= 11 is 0. The van der Waals surface area contributed by atoms with Crippen LogP contribution in [0.3, 0.4) is 0 Å². The molecule has 0 rings (SSSR count). The first-order valence-corrected chi connectivity index (χ1v) is 28.0. The minimum atomic E-state index is -0.775. The van der Waals surface area contributed by atoms with Crippen LogP contribution in [0.4, 0.5) is 0 Å². The van der Waals surface area contributed by atoms with Crippen molar-refractivity contribution in [1.82, 2.24) is 0 Å². The minimum Gasteiger partial charge on any atom is -0.462 e. The zero-order valence-corrected chi connectivity index (χ0v) is 42.8. The Morgan fingerprint density at radius 2 is 0.562 bits per heavy atom. The van der Waals surface area contributed by atoms with E-state index < -0.39 is 6.10 Å². The first-order chi connectivity index (χ1) is 31.5. The summed E-state index contributed by atoms with van der Waals surface area (Å²) in [5.41, 5.74) is 0. The van der Waals surface area contributed by atoms with Gasteiger partial charge >= 0.3 is 17.9 Å². The standard InChI is InChI=1S/C58H106O6/c1-4-7-10-13-16-19-22-25-28-29-31-33-36-39-42-45-48-51-57(60)63-54-55(53-62-56(59)50-47-44-41-38-35-32-27-24-21-18-15-12-9-6-3)64-58(61)52-49-46-43-40-37-34-30-26-23-20-17-14-11-8-5-2/h16,19,24-25,27-28,55H,4-15,17-18,20-23,26,29-54H2,1-3H3/b19-16-,27-24-,28-25-/t55-/m1/s1. The molecule has 0 aliphatic heterocycles. The zero-order chi connectivity index (χ0) is 46.5. The van der Waals surface area contributed by atoms with Crippen molar-refractivity contribution < 1.29 is 28.6 Å². The van der Waals surface area contributed by atoms with Gasteiger partial charge in [0.15, 0.2) is 6.10 Å². The summed E-state index contributed by atoms with van der Waals surface area (Å²) in [5.74, 6) is -0.876. The Labute approximate surface area is 397 Å². The van der Waals surface area contributed by atoms with Gasteiger partial charge in [-0.3, -0.25) is 14.4 Å². The number of carbonyl (C=O) groups excluding carboxylic acids is 3. The van der Waals surface area contributed by atoms with Crippen molar-refractivity contribution in [2.45, 2.75) is 303 Å². The average Bonchev–Trinajstić information content (AvgIpc) is 3.29. The molecule has 0 saturated heterocycles. The maximum Gasteiger partial charge on any atom is 0.306 e. The van der Waals surface area contributed by atoms with Gasteiger partial charge in [0.25, 0.3) is 0 Å². The monoisotopic (exact) mass is 899 g/mol. The summed E-state index contributed by atoms with van der Waals surface area (Å²) in [6.07, 6.45) is 62.7. The molecule has 64 heavy (non-hydrogen) atoms. The van der Waals surface area contributed by atoms with E-state index in [-0.39, 0.29) is 31.1 Å². The molecule has 0 N–H and O–H groups in total. The number of esters is 3. The van der Waals surface area contributed by atoms with E-state index in [4.69, 9.17) is 14.2 Å². The molecule has 0 aromatic heterocycles. The first-order valence-electron chi connectivity index (χ1n) is 28.0. The molecule has 0 spiro atoms. The molecule has 0 aliphatic rings. The van der Waals surface area contributed by atoms with Crippen LogP contribution in [0, 0.1) is 0 Å². The second-order valence-electron chi connectivity index (χ2n) is 18.8. The summed E-state index contributed by atoms with van der Waals surface area (Å²) in [7, 11) is 0. The van der Waals surface area contributed by atoms with Crippen LogP contribution in [0.25, 0.3) is 0 Å². The molecule has 0 aromatic rings. The van der Waals surface area contributed by atoms with Gasteiger partial charge < -0.3 is 14.2 Å². The van der Waals surface area contributed by atoms with E-state index in [1.807, 2.05) is 0 Å². The van der Waals surface area contributed by atoms with Crippen molar-refractivity contribution in [2.75, 3.05) is 13.2 Å². The Balaban J connectivity index is 4.36. The molecule has 0 heterocycles. The van der Waals surface area contributed by atoms with Gasteiger partial charge in [0.2, 0.25) is 0 Å². The molecule has 0 aromatic carbocycles. The van der Waals surface area contributed by atoms with E-state index in [2.05, 4.69) is 57.2 Å². The number of hydrogen-bond donors (Lipinski definition) is 0. The average molecular weight is 899 g/mol. The van der Waals surface area contributed by atoms with Crippen molar-refractivity contribution in [3.8, 4) is 0 Å². The Bertz CT molecular complexity index is 1080. The van der Waals surface area contributed by atoms with Gasteiger partial charge in [0.1, 0.15) is 13.2 Å². The molecule has 0 amide bonds. The summed E-state index contributed by atoms with van der Waals surface area (Å²) < 4.78 is 16.8. The van der Waals surface area contributed by atoms with Crippen LogP contribution in [0.1, 0.15) is 297 Å². The predicted molar refractivity (Wildman–Crippen MR) is 275 cm³/mol. The summed E-state index contributed by atoms with van der Waals surface area (Å²) in [6, 6.07) is 0. The van der Waals surface area contributed by atoms with Crippen LogP contribution in [0.15, 0.2) is 36.5 Å². The van der Waals surface area contributed by atoms with Gasteiger partial charge in [0, 0.05) is 19.3 Å². The highest BCUT2D eigenvalue weighted by molar-refractivity contribution is 5.71. The lowest BCUT2D eigenvalue weighted by molar-refractivity contribution is -0.167. The van der Waals surface area contributed by atoms with E-state index in [1.54, 1.807) is 0 Å². The molecule has 374 valence electrons. The Hall–Kier alpha value is -2.37. The van der Waals surface area contributed by atoms with Crippen LogP contribution < -0.4 is 0 Å². The molecule has 0 radical (unpaired) electrons. The van der Waals surface area contributed by atoms with Crippen molar-refractivity contribution in [2.24, 2.45) is 0 Å². The fourth-order valence-electron chi connectivity index (χ4n) is 8.12. The van der Waals surface area contributed by atoms with Gasteiger partial charge in [0.05, 0.1) is 0 Å². The normalized spacial score (nSPS) is 12.2. The summed E-state index contributed by atoms with van der Waals surface area (Å²) in [6.45, 7) is 6.63. The van der Waals surface area contributed by atoms with Crippen LogP contribution >= 0.6 is 0 Å². The number of ether oxygens (including phenoxy) is 3. The highest BCUT2D eigenvalue weighted by atomic mass is 16.6. The van der Waals surface area contributed by atoms with Gasteiger partial charge in [-0.05, 0) is 77.0 Å². The van der Waals surface area contributed by atoms with Gasteiger partial charge in [-0.25, -0.2) is 0 Å². The highest BCUT2D eigenvalue weighted by Gasteiger charge is 2.19. The molecule has 6 nitrogen and oxygen atoms in total. The Morgan fingerprint density at radius 1 is 0.312 bits per heavy atom. The van der Waals surface area contributed by atoms with Crippen LogP contribution in [-0.4, -0.2) is 37.2 Å². The third kappa shape index (κ3) is 50.6. The fraction of sp³-hybridized carbons (Fsp3) is 0.845. The van der Waals surface area contributed by atoms with Gasteiger partial charge in [-0.1, -0.05) is 237 Å². The van der Waals surface area contributed by atoms with Crippen LogP contribution in [0.5, 0.6) is 0 Å². The Kier molecular flexibility index (Phi) is 51.3. The quantitative estimate of drug-likeness (QED) is 0.0262. The van der Waals surface area contributed by atoms with Crippen molar-refractivity contribution >= 4 is 17.9 Å². The largest absolute Gasteiger partial charge is 0.462 e. The lowest BCUT2D eigenvalue weighted by Gasteiger charge is -2.18. The van der Waals surface area contributed by atoms with Gasteiger partial charge in [-0.2, -0.15) is 0 Å². The topological polar surface area (TPSA) is 78.9 Å². The summed E-state index contributed by atoms with van der Waals surface area (Å²) in [5, 5.41) is 0. The number of carbonyl (C=O) groups is 3.